The van der Waals surface area contributed by atoms with E-state index < -0.39 is 0 Å². The molecule has 1 amide bonds. The maximum Gasteiger partial charge on any atom is 0.287 e. The monoisotopic (exact) mass is 371 g/mol. The SMILES string of the molecule is C[C@H]1[C@@H](NC(=S)NNC(=O)c2cc(-c3ccccc3)n[nH]2)CCC[C@@H]1C. The quantitative estimate of drug-likeness (QED) is 0.493. The van der Waals surface area contributed by atoms with Gasteiger partial charge in [-0.15, -0.1) is 0 Å². The van der Waals surface area contributed by atoms with Crippen LogP contribution in [0.5, 0.6) is 0 Å². The number of hydrazine groups is 1. The number of nitrogens with one attached hydrogen (secondary N) is 4. The first kappa shape index (κ1) is 18.4. The van der Waals surface area contributed by atoms with Crippen molar-refractivity contribution in [3.05, 3.63) is 42.1 Å². The molecule has 1 fully saturated rings. The van der Waals surface area contributed by atoms with Gasteiger partial charge in [-0.2, -0.15) is 5.10 Å². The number of nitrogens with zero attached hydrogens (tertiary/aromatic N) is 1. The van der Waals surface area contributed by atoms with Crippen LogP contribution in [0.4, 0.5) is 0 Å². The van der Waals surface area contributed by atoms with Crippen molar-refractivity contribution in [2.45, 2.75) is 39.2 Å². The zero-order valence-corrected chi connectivity index (χ0v) is 15.9. The number of carbonyl (C=O) groups excluding carboxylic acids is 1. The average molecular weight is 372 g/mol. The molecule has 3 atom stereocenters. The van der Waals surface area contributed by atoms with Crippen LogP contribution in [0.2, 0.25) is 0 Å². The van der Waals surface area contributed by atoms with E-state index in [0.717, 1.165) is 17.7 Å². The lowest BCUT2D eigenvalue weighted by Crippen LogP contribution is -2.52. The van der Waals surface area contributed by atoms with E-state index in [-0.39, 0.29) is 5.91 Å². The number of aromatic amines is 1. The average Bonchev–Trinajstić information content (AvgIpc) is 3.14. The van der Waals surface area contributed by atoms with Gasteiger partial charge in [0.2, 0.25) is 0 Å². The fraction of sp³-hybridized carbons (Fsp3) is 0.421. The van der Waals surface area contributed by atoms with Crippen LogP contribution in [0, 0.1) is 11.8 Å². The van der Waals surface area contributed by atoms with Crippen molar-refractivity contribution >= 4 is 23.2 Å². The third-order valence-corrected chi connectivity index (χ3v) is 5.42. The summed E-state index contributed by atoms with van der Waals surface area (Å²) in [7, 11) is 0. The fourth-order valence-electron chi connectivity index (χ4n) is 3.37. The first-order valence-corrected chi connectivity index (χ1v) is 9.43. The number of thiocarbonyl (C=S) groups is 1. The Morgan fingerprint density at radius 3 is 2.73 bits per heavy atom. The third kappa shape index (κ3) is 4.40. The normalized spacial score (nSPS) is 22.5. The van der Waals surface area contributed by atoms with Gasteiger partial charge in [0.05, 0.1) is 5.69 Å². The molecule has 1 aromatic carbocycles. The van der Waals surface area contributed by atoms with Crippen LogP contribution in [0.15, 0.2) is 36.4 Å². The molecule has 1 aromatic heterocycles. The van der Waals surface area contributed by atoms with Crippen LogP contribution >= 0.6 is 12.2 Å². The molecule has 0 spiro atoms. The van der Waals surface area contributed by atoms with Gasteiger partial charge in [0, 0.05) is 11.6 Å². The lowest BCUT2D eigenvalue weighted by molar-refractivity contribution is 0.0938. The van der Waals surface area contributed by atoms with Gasteiger partial charge in [0.15, 0.2) is 5.11 Å². The summed E-state index contributed by atoms with van der Waals surface area (Å²) in [6, 6.07) is 11.8. The summed E-state index contributed by atoms with van der Waals surface area (Å²) in [6.45, 7) is 4.53. The highest BCUT2D eigenvalue weighted by Gasteiger charge is 2.27. The molecule has 3 rings (SSSR count). The van der Waals surface area contributed by atoms with Gasteiger partial charge in [-0.1, -0.05) is 57.0 Å². The highest BCUT2D eigenvalue weighted by molar-refractivity contribution is 7.80. The molecule has 0 saturated heterocycles. The second-order valence-corrected chi connectivity index (χ2v) is 7.37. The predicted octanol–water partition coefficient (Wildman–Crippen LogP) is 3.01. The van der Waals surface area contributed by atoms with Crippen LogP contribution < -0.4 is 16.2 Å². The van der Waals surface area contributed by atoms with Crippen LogP contribution in [0.3, 0.4) is 0 Å². The lowest BCUT2D eigenvalue weighted by Gasteiger charge is -2.35. The van der Waals surface area contributed by atoms with Crippen molar-refractivity contribution in [1.29, 1.82) is 0 Å². The van der Waals surface area contributed by atoms with E-state index in [1.165, 1.54) is 12.8 Å². The molecule has 138 valence electrons. The second-order valence-electron chi connectivity index (χ2n) is 6.96. The summed E-state index contributed by atoms with van der Waals surface area (Å²) in [6.07, 6.45) is 3.57. The van der Waals surface area contributed by atoms with Crippen molar-refractivity contribution in [1.82, 2.24) is 26.4 Å². The molecule has 0 radical (unpaired) electrons. The van der Waals surface area contributed by atoms with Crippen molar-refractivity contribution < 1.29 is 4.79 Å². The number of aromatic nitrogens is 2. The van der Waals surface area contributed by atoms with Gasteiger partial charge in [0.25, 0.3) is 5.91 Å². The Kier molecular flexibility index (Phi) is 5.88. The zero-order valence-electron chi connectivity index (χ0n) is 15.1. The smallest absolute Gasteiger partial charge is 0.287 e. The van der Waals surface area contributed by atoms with Gasteiger partial charge < -0.3 is 5.32 Å². The largest absolute Gasteiger partial charge is 0.358 e. The van der Waals surface area contributed by atoms with E-state index in [0.29, 0.717) is 28.7 Å². The molecule has 26 heavy (non-hydrogen) atoms. The molecule has 0 bridgehead atoms. The summed E-state index contributed by atoms with van der Waals surface area (Å²) in [5, 5.41) is 10.7. The van der Waals surface area contributed by atoms with Gasteiger partial charge in [0.1, 0.15) is 5.69 Å². The van der Waals surface area contributed by atoms with E-state index in [2.05, 4.69) is 40.2 Å². The molecule has 6 nitrogen and oxygen atoms in total. The third-order valence-electron chi connectivity index (χ3n) is 5.20. The number of amides is 1. The van der Waals surface area contributed by atoms with E-state index >= 15 is 0 Å². The van der Waals surface area contributed by atoms with Crippen molar-refractivity contribution in [2.75, 3.05) is 0 Å². The molecule has 0 aliphatic heterocycles. The zero-order chi connectivity index (χ0) is 18.5. The molecule has 1 saturated carbocycles. The van der Waals surface area contributed by atoms with Crippen LogP contribution in [-0.2, 0) is 0 Å². The number of hydrogen-bond acceptors (Lipinski definition) is 3. The Bertz CT molecular complexity index is 760. The van der Waals surface area contributed by atoms with Gasteiger partial charge in [-0.25, -0.2) is 0 Å². The van der Waals surface area contributed by atoms with Crippen LogP contribution in [-0.4, -0.2) is 27.3 Å². The van der Waals surface area contributed by atoms with E-state index in [4.69, 9.17) is 12.2 Å². The summed E-state index contributed by atoms with van der Waals surface area (Å²) in [5.74, 6) is 0.925. The highest BCUT2D eigenvalue weighted by Crippen LogP contribution is 2.29. The first-order chi connectivity index (χ1) is 12.5. The number of carbonyl (C=O) groups is 1. The van der Waals surface area contributed by atoms with E-state index in [1.54, 1.807) is 6.07 Å². The minimum Gasteiger partial charge on any atom is -0.358 e. The predicted molar refractivity (Wildman–Crippen MR) is 106 cm³/mol. The molecule has 2 aromatic rings. The number of rotatable bonds is 3. The standard InChI is InChI=1S/C19H25N5OS/c1-12-7-6-10-15(13(12)2)20-19(26)24-23-18(25)17-11-16(21-22-17)14-8-4-3-5-9-14/h3-5,8-9,11-13,15H,6-7,10H2,1-2H3,(H,21,22)(H,23,25)(H2,20,24,26)/t12-,13+,15-/m0/s1. The molecule has 1 aliphatic rings. The Morgan fingerprint density at radius 2 is 1.96 bits per heavy atom. The van der Waals surface area contributed by atoms with Gasteiger partial charge in [-0.05, 0) is 36.5 Å². The number of H-pyrrole nitrogens is 1. The lowest BCUT2D eigenvalue weighted by atomic mass is 9.78. The number of benzene rings is 1. The summed E-state index contributed by atoms with van der Waals surface area (Å²) >= 11 is 5.31. The minimum absolute atomic E-state index is 0.311. The van der Waals surface area contributed by atoms with Gasteiger partial charge in [-0.3, -0.25) is 20.7 Å². The van der Waals surface area contributed by atoms with Crippen molar-refractivity contribution in [3.63, 3.8) is 0 Å². The molecule has 1 heterocycles. The molecule has 4 N–H and O–H groups in total. The Morgan fingerprint density at radius 1 is 1.19 bits per heavy atom. The Hall–Kier alpha value is -2.41. The van der Waals surface area contributed by atoms with Gasteiger partial charge >= 0.3 is 0 Å². The van der Waals surface area contributed by atoms with E-state index in [1.807, 2.05) is 30.3 Å². The summed E-state index contributed by atoms with van der Waals surface area (Å²) < 4.78 is 0. The Balaban J connectivity index is 1.51. The molecule has 0 unspecified atom stereocenters. The molecular formula is C19H25N5OS. The Labute approximate surface area is 159 Å². The van der Waals surface area contributed by atoms with Crippen molar-refractivity contribution in [2.24, 2.45) is 11.8 Å². The molecule has 1 aliphatic carbocycles. The minimum atomic E-state index is -0.311. The maximum atomic E-state index is 12.3. The van der Waals surface area contributed by atoms with Crippen LogP contribution in [0.25, 0.3) is 11.3 Å². The molecule has 7 heteroatoms. The topological polar surface area (TPSA) is 81.8 Å². The highest BCUT2D eigenvalue weighted by atomic mass is 32.1. The first-order valence-electron chi connectivity index (χ1n) is 9.02. The van der Waals surface area contributed by atoms with Crippen LogP contribution in [0.1, 0.15) is 43.6 Å². The fourth-order valence-corrected chi connectivity index (χ4v) is 3.57. The van der Waals surface area contributed by atoms with E-state index in [9.17, 15) is 4.79 Å². The maximum absolute atomic E-state index is 12.3. The molecular weight excluding hydrogens is 346 g/mol. The number of hydrogen-bond donors (Lipinski definition) is 4. The summed E-state index contributed by atoms with van der Waals surface area (Å²) in [5.41, 5.74) is 7.45. The second kappa shape index (κ2) is 8.31. The van der Waals surface area contributed by atoms with Crippen molar-refractivity contribution in [3.8, 4) is 11.3 Å². The summed E-state index contributed by atoms with van der Waals surface area (Å²) in [4.78, 5) is 12.3.